The molecule has 2 aromatic rings. The summed E-state index contributed by atoms with van der Waals surface area (Å²) in [5, 5.41) is 2.90. The van der Waals surface area contributed by atoms with Gasteiger partial charge in [0.15, 0.2) is 0 Å². The van der Waals surface area contributed by atoms with Crippen molar-refractivity contribution >= 4 is 21.6 Å². The van der Waals surface area contributed by atoms with E-state index in [0.29, 0.717) is 25.3 Å². The van der Waals surface area contributed by atoms with Gasteiger partial charge in [-0.25, -0.2) is 13.1 Å². The molecule has 0 fully saturated rings. The molecule has 0 heterocycles. The number of aryl methyl sites for hydroxylation is 1. The molecule has 0 bridgehead atoms. The van der Waals surface area contributed by atoms with Crippen molar-refractivity contribution in [2.45, 2.75) is 51.3 Å². The summed E-state index contributed by atoms with van der Waals surface area (Å²) in [6.45, 7) is 8.57. The van der Waals surface area contributed by atoms with Crippen LogP contribution in [-0.4, -0.2) is 20.9 Å². The third-order valence-electron chi connectivity index (χ3n) is 4.42. The third kappa shape index (κ3) is 6.77. The van der Waals surface area contributed by atoms with Gasteiger partial charge < -0.3 is 5.32 Å². The smallest absolute Gasteiger partial charge is 0.240 e. The van der Waals surface area contributed by atoms with Crippen LogP contribution in [-0.2, 0) is 21.2 Å². The van der Waals surface area contributed by atoms with E-state index in [1.165, 1.54) is 5.56 Å². The highest BCUT2D eigenvalue weighted by Crippen LogP contribution is 2.17. The van der Waals surface area contributed by atoms with Crippen molar-refractivity contribution in [3.8, 4) is 0 Å². The second-order valence-electron chi connectivity index (χ2n) is 7.71. The highest BCUT2D eigenvalue weighted by molar-refractivity contribution is 7.89. The van der Waals surface area contributed by atoms with Crippen molar-refractivity contribution < 1.29 is 13.2 Å². The first-order chi connectivity index (χ1) is 13.2. The lowest BCUT2D eigenvalue weighted by Gasteiger charge is -2.10. The molecule has 0 saturated carbocycles. The molecule has 2 rings (SSSR count). The second-order valence-corrected chi connectivity index (χ2v) is 9.48. The van der Waals surface area contributed by atoms with Crippen LogP contribution >= 0.6 is 0 Å². The van der Waals surface area contributed by atoms with Gasteiger partial charge in [-0.05, 0) is 53.6 Å². The largest absolute Gasteiger partial charge is 0.326 e. The van der Waals surface area contributed by atoms with Crippen molar-refractivity contribution in [1.82, 2.24) is 4.72 Å². The van der Waals surface area contributed by atoms with E-state index >= 15 is 0 Å². The summed E-state index contributed by atoms with van der Waals surface area (Å²) in [5.74, 6) is 0.638. The van der Waals surface area contributed by atoms with E-state index in [4.69, 9.17) is 0 Å². The third-order valence-corrected chi connectivity index (χ3v) is 5.86. The van der Waals surface area contributed by atoms with E-state index in [1.807, 2.05) is 38.1 Å². The number of sulfonamides is 1. The second kappa shape index (κ2) is 9.85. The Bertz CT molecular complexity index is 871. The monoisotopic (exact) mass is 402 g/mol. The highest BCUT2D eigenvalue weighted by atomic mass is 32.2. The van der Waals surface area contributed by atoms with Crippen LogP contribution in [0.25, 0.3) is 0 Å². The predicted molar refractivity (Wildman–Crippen MR) is 114 cm³/mol. The fourth-order valence-electron chi connectivity index (χ4n) is 2.63. The van der Waals surface area contributed by atoms with E-state index in [9.17, 15) is 13.2 Å². The molecule has 0 aromatic heterocycles. The van der Waals surface area contributed by atoms with Gasteiger partial charge in [0.1, 0.15) is 0 Å². The molecule has 1 amide bonds. The van der Waals surface area contributed by atoms with Gasteiger partial charge in [-0.1, -0.05) is 52.0 Å². The minimum absolute atomic E-state index is 0.0624. The Hall–Kier alpha value is -2.18. The van der Waals surface area contributed by atoms with Gasteiger partial charge in [-0.2, -0.15) is 0 Å². The molecule has 28 heavy (non-hydrogen) atoms. The normalized spacial score (nSPS) is 11.8. The van der Waals surface area contributed by atoms with E-state index < -0.39 is 10.0 Å². The van der Waals surface area contributed by atoms with Gasteiger partial charge in [0.05, 0.1) is 4.90 Å². The maximum absolute atomic E-state index is 12.2. The van der Waals surface area contributed by atoms with Crippen LogP contribution in [0.4, 0.5) is 5.69 Å². The van der Waals surface area contributed by atoms with Crippen LogP contribution < -0.4 is 10.0 Å². The number of amides is 1. The standard InChI is InChI=1S/C22H30N2O3S/c1-16(2)15-23-28(26,27)21-12-5-18(6-13-21)7-14-22(25)24-20-10-8-19(9-11-20)17(3)4/h5-6,8-13,16-17,23H,7,14-15H2,1-4H3,(H,24,25). The van der Waals surface area contributed by atoms with E-state index in [1.54, 1.807) is 24.3 Å². The van der Waals surface area contributed by atoms with Crippen LogP contribution in [0.1, 0.15) is 51.2 Å². The summed E-state index contributed by atoms with van der Waals surface area (Å²) in [5.41, 5.74) is 2.94. The summed E-state index contributed by atoms with van der Waals surface area (Å²) < 4.78 is 27.0. The van der Waals surface area contributed by atoms with Gasteiger partial charge >= 0.3 is 0 Å². The Labute approximate surface area is 168 Å². The van der Waals surface area contributed by atoms with Crippen LogP contribution in [0.15, 0.2) is 53.4 Å². The Balaban J connectivity index is 1.87. The molecule has 0 saturated heterocycles. The fourth-order valence-corrected chi connectivity index (χ4v) is 3.84. The van der Waals surface area contributed by atoms with Gasteiger partial charge in [-0.3, -0.25) is 4.79 Å². The maximum Gasteiger partial charge on any atom is 0.240 e. The highest BCUT2D eigenvalue weighted by Gasteiger charge is 2.14. The predicted octanol–water partition coefficient (Wildman–Crippen LogP) is 4.32. The van der Waals surface area contributed by atoms with Crippen molar-refractivity contribution in [3.05, 3.63) is 59.7 Å². The molecule has 6 heteroatoms. The first kappa shape index (κ1) is 22.1. The number of hydrogen-bond acceptors (Lipinski definition) is 3. The molecule has 0 aliphatic carbocycles. The topological polar surface area (TPSA) is 75.3 Å². The SMILES string of the molecule is CC(C)CNS(=O)(=O)c1ccc(CCC(=O)Nc2ccc(C(C)C)cc2)cc1. The summed E-state index contributed by atoms with van der Waals surface area (Å²) >= 11 is 0. The molecule has 0 radical (unpaired) electrons. The molecule has 0 atom stereocenters. The van der Waals surface area contributed by atoms with E-state index in [-0.39, 0.29) is 16.7 Å². The average Bonchev–Trinajstić information content (AvgIpc) is 2.65. The molecule has 0 spiro atoms. The Morgan fingerprint density at radius 2 is 1.54 bits per heavy atom. The number of carbonyl (C=O) groups is 1. The summed E-state index contributed by atoms with van der Waals surface area (Å²) in [4.78, 5) is 12.4. The molecule has 2 aromatic carbocycles. The lowest BCUT2D eigenvalue weighted by Crippen LogP contribution is -2.27. The summed E-state index contributed by atoms with van der Waals surface area (Å²) in [6.07, 6.45) is 0.888. The minimum Gasteiger partial charge on any atom is -0.326 e. The zero-order valence-corrected chi connectivity index (χ0v) is 17.8. The van der Waals surface area contributed by atoms with Gasteiger partial charge in [0.2, 0.25) is 15.9 Å². The first-order valence-corrected chi connectivity index (χ1v) is 11.1. The lowest BCUT2D eigenvalue weighted by molar-refractivity contribution is -0.116. The maximum atomic E-state index is 12.2. The van der Waals surface area contributed by atoms with Crippen molar-refractivity contribution in [3.63, 3.8) is 0 Å². The lowest BCUT2D eigenvalue weighted by atomic mass is 10.0. The number of hydrogen-bond donors (Lipinski definition) is 2. The molecular weight excluding hydrogens is 372 g/mol. The number of carbonyl (C=O) groups excluding carboxylic acids is 1. The average molecular weight is 403 g/mol. The zero-order valence-electron chi connectivity index (χ0n) is 17.0. The number of anilines is 1. The van der Waals surface area contributed by atoms with Crippen LogP contribution in [0.2, 0.25) is 0 Å². The first-order valence-electron chi connectivity index (χ1n) is 9.66. The molecular formula is C22H30N2O3S. The summed E-state index contributed by atoms with van der Waals surface area (Å²) in [7, 11) is -3.48. The fraction of sp³-hybridized carbons (Fsp3) is 0.409. The van der Waals surface area contributed by atoms with Crippen LogP contribution in [0.3, 0.4) is 0 Å². The van der Waals surface area contributed by atoms with Crippen molar-refractivity contribution in [2.24, 2.45) is 5.92 Å². The quantitative estimate of drug-likeness (QED) is 0.656. The number of rotatable bonds is 9. The molecule has 0 unspecified atom stereocenters. The van der Waals surface area contributed by atoms with Crippen LogP contribution in [0, 0.1) is 5.92 Å². The van der Waals surface area contributed by atoms with Crippen LogP contribution in [0.5, 0.6) is 0 Å². The Morgan fingerprint density at radius 3 is 2.07 bits per heavy atom. The van der Waals surface area contributed by atoms with E-state index in [2.05, 4.69) is 23.9 Å². The number of benzene rings is 2. The Kier molecular flexibility index (Phi) is 7.78. The van der Waals surface area contributed by atoms with Crippen molar-refractivity contribution in [2.75, 3.05) is 11.9 Å². The van der Waals surface area contributed by atoms with E-state index in [0.717, 1.165) is 11.3 Å². The number of nitrogens with one attached hydrogen (secondary N) is 2. The minimum atomic E-state index is -3.48. The summed E-state index contributed by atoms with van der Waals surface area (Å²) in [6, 6.07) is 14.6. The Morgan fingerprint density at radius 1 is 0.929 bits per heavy atom. The molecule has 0 aliphatic heterocycles. The van der Waals surface area contributed by atoms with Gasteiger partial charge in [0.25, 0.3) is 0 Å². The molecule has 0 aliphatic rings. The van der Waals surface area contributed by atoms with Gasteiger partial charge in [-0.15, -0.1) is 0 Å². The van der Waals surface area contributed by atoms with Gasteiger partial charge in [0, 0.05) is 18.7 Å². The zero-order chi connectivity index (χ0) is 20.7. The molecule has 5 nitrogen and oxygen atoms in total. The molecule has 2 N–H and O–H groups in total. The molecule has 152 valence electrons. The van der Waals surface area contributed by atoms with Crippen molar-refractivity contribution in [1.29, 1.82) is 0 Å².